The van der Waals surface area contributed by atoms with Crippen molar-refractivity contribution in [1.29, 1.82) is 0 Å². The fourth-order valence-corrected chi connectivity index (χ4v) is 5.13. The van der Waals surface area contributed by atoms with Crippen molar-refractivity contribution in [2.45, 2.75) is 57.5 Å². The lowest BCUT2D eigenvalue weighted by atomic mass is 9.83. The fraction of sp³-hybridized carbons (Fsp3) is 0.722. The Labute approximate surface area is 144 Å². The summed E-state index contributed by atoms with van der Waals surface area (Å²) in [5, 5.41) is 0. The predicted octanol–water partition coefficient (Wildman–Crippen LogP) is 3.59. The van der Waals surface area contributed by atoms with E-state index in [4.69, 9.17) is 10.2 Å². The summed E-state index contributed by atoms with van der Waals surface area (Å²) < 4.78 is 5.33. The third-order valence-corrected chi connectivity index (χ3v) is 6.20. The molecule has 0 radical (unpaired) electrons. The molecule has 2 heterocycles. The summed E-state index contributed by atoms with van der Waals surface area (Å²) in [6.07, 6.45) is 10.8. The van der Waals surface area contributed by atoms with Crippen LogP contribution in [0.4, 0.5) is 0 Å². The highest BCUT2D eigenvalue weighted by Gasteiger charge is 2.42. The Hall–Kier alpha value is -1.00. The quantitative estimate of drug-likeness (QED) is 0.912. The molecule has 4 unspecified atom stereocenters. The van der Waals surface area contributed by atoms with Gasteiger partial charge >= 0.3 is 0 Å². The van der Waals surface area contributed by atoms with Crippen molar-refractivity contribution in [3.63, 3.8) is 0 Å². The zero-order valence-electron chi connectivity index (χ0n) is 13.6. The highest BCUT2D eigenvalue weighted by Crippen LogP contribution is 2.50. The van der Waals surface area contributed by atoms with Crippen LogP contribution < -0.4 is 5.73 Å². The van der Waals surface area contributed by atoms with Gasteiger partial charge in [-0.05, 0) is 62.3 Å². The monoisotopic (exact) mass is 338 g/mol. The van der Waals surface area contributed by atoms with Gasteiger partial charge in [-0.15, -0.1) is 12.4 Å². The number of hydrogen-bond donors (Lipinski definition) is 1. The lowest BCUT2D eigenvalue weighted by Crippen LogP contribution is -2.37. The summed E-state index contributed by atoms with van der Waals surface area (Å²) in [5.41, 5.74) is 6.24. The summed E-state index contributed by atoms with van der Waals surface area (Å²) in [5.74, 6) is 3.62. The normalized spacial score (nSPS) is 32.3. The van der Waals surface area contributed by atoms with Crippen LogP contribution in [-0.4, -0.2) is 23.4 Å². The number of likely N-dealkylation sites (tertiary alicyclic amines) is 1. The first-order valence-corrected chi connectivity index (χ1v) is 8.83. The Morgan fingerprint density at radius 1 is 1.30 bits per heavy atom. The molecule has 1 saturated heterocycles. The number of rotatable bonds is 4. The number of amides is 1. The van der Waals surface area contributed by atoms with E-state index in [9.17, 15) is 4.79 Å². The van der Waals surface area contributed by atoms with Crippen molar-refractivity contribution in [2.75, 3.05) is 6.54 Å². The van der Waals surface area contributed by atoms with E-state index in [2.05, 4.69) is 4.90 Å². The molecule has 2 saturated carbocycles. The Bertz CT molecular complexity index is 559. The molecule has 1 aromatic heterocycles. The number of hydrogen-bond acceptors (Lipinski definition) is 3. The molecule has 0 spiro atoms. The minimum Gasteiger partial charge on any atom is -0.467 e. The zero-order chi connectivity index (χ0) is 15.1. The van der Waals surface area contributed by atoms with Gasteiger partial charge in [-0.3, -0.25) is 4.79 Å². The van der Waals surface area contributed by atoms with E-state index in [1.54, 1.807) is 12.3 Å². The molecule has 1 aliphatic heterocycles. The second-order valence-electron chi connectivity index (χ2n) is 7.47. The number of fused-ring (bicyclic) bond motifs is 2. The van der Waals surface area contributed by atoms with E-state index < -0.39 is 0 Å². The van der Waals surface area contributed by atoms with Crippen molar-refractivity contribution < 1.29 is 9.21 Å². The average molecular weight is 339 g/mol. The average Bonchev–Trinajstić information content (AvgIpc) is 3.30. The van der Waals surface area contributed by atoms with Crippen LogP contribution in [0.1, 0.15) is 61.1 Å². The number of halogens is 1. The number of carbonyl (C=O) groups excluding carboxylic acids is 1. The highest BCUT2D eigenvalue weighted by molar-refractivity contribution is 5.94. The first-order valence-electron chi connectivity index (χ1n) is 8.83. The van der Waals surface area contributed by atoms with Crippen LogP contribution in [-0.2, 0) is 6.54 Å². The summed E-state index contributed by atoms with van der Waals surface area (Å²) in [7, 11) is 0. The van der Waals surface area contributed by atoms with E-state index in [1.807, 2.05) is 0 Å². The van der Waals surface area contributed by atoms with Gasteiger partial charge in [0.2, 0.25) is 0 Å². The topological polar surface area (TPSA) is 59.5 Å². The molecule has 1 aromatic rings. The maximum atomic E-state index is 12.7. The lowest BCUT2D eigenvalue weighted by Gasteiger charge is -2.30. The van der Waals surface area contributed by atoms with Gasteiger partial charge in [0.05, 0.1) is 12.1 Å². The minimum absolute atomic E-state index is 0. The second kappa shape index (κ2) is 6.86. The van der Waals surface area contributed by atoms with Crippen LogP contribution >= 0.6 is 12.4 Å². The van der Waals surface area contributed by atoms with Crippen LogP contribution in [0.15, 0.2) is 16.7 Å². The Morgan fingerprint density at radius 3 is 2.83 bits per heavy atom. The van der Waals surface area contributed by atoms with E-state index >= 15 is 0 Å². The van der Waals surface area contributed by atoms with Gasteiger partial charge in [-0.2, -0.15) is 0 Å². The summed E-state index contributed by atoms with van der Waals surface area (Å²) in [4.78, 5) is 14.8. The minimum atomic E-state index is 0. The van der Waals surface area contributed by atoms with Crippen LogP contribution in [0, 0.1) is 17.8 Å². The van der Waals surface area contributed by atoms with Gasteiger partial charge in [0.15, 0.2) is 0 Å². The van der Waals surface area contributed by atoms with Crippen molar-refractivity contribution >= 4 is 18.3 Å². The van der Waals surface area contributed by atoms with Crippen LogP contribution in [0.25, 0.3) is 0 Å². The molecule has 3 aliphatic rings. The van der Waals surface area contributed by atoms with Gasteiger partial charge in [0.1, 0.15) is 12.0 Å². The molecule has 1 amide bonds. The molecule has 4 atom stereocenters. The second-order valence-corrected chi connectivity index (χ2v) is 7.47. The molecule has 2 bridgehead atoms. The van der Waals surface area contributed by atoms with E-state index in [0.717, 1.165) is 30.7 Å². The van der Waals surface area contributed by atoms with E-state index in [0.29, 0.717) is 23.9 Å². The molecular weight excluding hydrogens is 312 g/mol. The molecule has 128 valence electrons. The lowest BCUT2D eigenvalue weighted by molar-refractivity contribution is 0.0707. The number of nitrogens with zero attached hydrogens (tertiary/aromatic N) is 1. The molecular formula is C18H27ClN2O2. The molecule has 4 nitrogen and oxygen atoms in total. The molecule has 3 fully saturated rings. The molecule has 2 aliphatic carbocycles. The predicted molar refractivity (Wildman–Crippen MR) is 91.5 cm³/mol. The third-order valence-electron chi connectivity index (χ3n) is 6.20. The summed E-state index contributed by atoms with van der Waals surface area (Å²) in [6, 6.07) is 2.24. The fourth-order valence-electron chi connectivity index (χ4n) is 5.13. The van der Waals surface area contributed by atoms with E-state index in [1.165, 1.54) is 38.5 Å². The molecule has 5 heteroatoms. The zero-order valence-corrected chi connectivity index (χ0v) is 14.4. The third kappa shape index (κ3) is 3.16. The van der Waals surface area contributed by atoms with Gasteiger partial charge in [0, 0.05) is 12.6 Å². The Morgan fingerprint density at radius 2 is 2.17 bits per heavy atom. The van der Waals surface area contributed by atoms with Gasteiger partial charge < -0.3 is 15.1 Å². The number of furan rings is 1. The van der Waals surface area contributed by atoms with Crippen LogP contribution in [0.5, 0.6) is 0 Å². The maximum Gasteiger partial charge on any atom is 0.257 e. The number of nitrogens with two attached hydrogens (primary N) is 1. The number of carbonyl (C=O) groups is 1. The van der Waals surface area contributed by atoms with Crippen molar-refractivity contribution in [2.24, 2.45) is 23.5 Å². The molecule has 2 N–H and O–H groups in total. The van der Waals surface area contributed by atoms with Crippen molar-refractivity contribution in [3.8, 4) is 0 Å². The summed E-state index contributed by atoms with van der Waals surface area (Å²) >= 11 is 0. The largest absolute Gasteiger partial charge is 0.467 e. The Balaban J connectivity index is 0.00000156. The molecule has 23 heavy (non-hydrogen) atoms. The van der Waals surface area contributed by atoms with Crippen molar-refractivity contribution in [1.82, 2.24) is 4.90 Å². The van der Waals surface area contributed by atoms with Crippen LogP contribution in [0.2, 0.25) is 0 Å². The molecule has 0 aromatic carbocycles. The van der Waals surface area contributed by atoms with Gasteiger partial charge in [0.25, 0.3) is 5.91 Å². The van der Waals surface area contributed by atoms with Gasteiger partial charge in [-0.1, -0.05) is 6.42 Å². The smallest absolute Gasteiger partial charge is 0.257 e. The van der Waals surface area contributed by atoms with Crippen LogP contribution in [0.3, 0.4) is 0 Å². The standard InChI is InChI=1S/C18H26N2O2.ClH/c19-10-17-9-15(11-22-17)18(21)20-5-1-2-16(20)8-14-7-12-3-4-13(14)6-12;/h9,11-14,16H,1-8,10,19H2;1H. The molecule has 4 rings (SSSR count). The Kier molecular flexibility index (Phi) is 5.02. The highest BCUT2D eigenvalue weighted by atomic mass is 35.5. The van der Waals surface area contributed by atoms with Gasteiger partial charge in [-0.25, -0.2) is 0 Å². The maximum absolute atomic E-state index is 12.7. The first kappa shape index (κ1) is 16.8. The summed E-state index contributed by atoms with van der Waals surface area (Å²) in [6.45, 7) is 1.25. The van der Waals surface area contributed by atoms with Crippen molar-refractivity contribution in [3.05, 3.63) is 23.7 Å². The SMILES string of the molecule is Cl.NCc1cc(C(=O)N2CCCC2CC2CC3CCC2C3)co1. The first-order chi connectivity index (χ1) is 10.7. The van der Waals surface area contributed by atoms with E-state index in [-0.39, 0.29) is 18.3 Å².